The predicted molar refractivity (Wildman–Crippen MR) is 87.7 cm³/mol. The summed E-state index contributed by atoms with van der Waals surface area (Å²) < 4.78 is 5.38. The number of aliphatic hydroxyl groups is 2. The molecule has 1 aromatic rings. The van der Waals surface area contributed by atoms with E-state index in [-0.39, 0.29) is 30.6 Å². The lowest BCUT2D eigenvalue weighted by Crippen LogP contribution is -2.43. The first-order valence-corrected chi connectivity index (χ1v) is 8.81. The van der Waals surface area contributed by atoms with E-state index >= 15 is 0 Å². The highest BCUT2D eigenvalue weighted by Gasteiger charge is 2.35. The summed E-state index contributed by atoms with van der Waals surface area (Å²) in [7, 11) is 0. The van der Waals surface area contributed by atoms with Crippen LogP contribution in [0.25, 0.3) is 0 Å². The number of aliphatic hydroxyl groups excluding tert-OH is 2. The molecule has 24 heavy (non-hydrogen) atoms. The summed E-state index contributed by atoms with van der Waals surface area (Å²) in [5, 5.41) is 29.1. The van der Waals surface area contributed by atoms with Crippen LogP contribution in [0.15, 0.2) is 6.20 Å². The molecular weight excluding hydrogens is 310 g/mol. The third-order valence-corrected chi connectivity index (χ3v) is 5.60. The second-order valence-electron chi connectivity index (χ2n) is 7.15. The van der Waals surface area contributed by atoms with Gasteiger partial charge in [-0.05, 0) is 38.5 Å². The number of H-pyrrole nitrogens is 1. The van der Waals surface area contributed by atoms with Crippen LogP contribution in [-0.4, -0.2) is 58.8 Å². The summed E-state index contributed by atoms with van der Waals surface area (Å²) in [5.74, 6) is 0.209. The maximum absolute atomic E-state index is 12.6. The molecule has 3 rings (SSSR count). The molecule has 7 heteroatoms. The summed E-state index contributed by atoms with van der Waals surface area (Å²) in [6, 6.07) is 0.0844. The van der Waals surface area contributed by atoms with Crippen molar-refractivity contribution < 1.29 is 19.7 Å². The topological polar surface area (TPSA) is 107 Å². The van der Waals surface area contributed by atoms with Crippen LogP contribution in [-0.2, 0) is 4.74 Å². The zero-order valence-electron chi connectivity index (χ0n) is 14.0. The lowest BCUT2D eigenvalue weighted by Gasteiger charge is -2.37. The van der Waals surface area contributed by atoms with Gasteiger partial charge < -0.3 is 20.3 Å². The van der Waals surface area contributed by atoms with E-state index < -0.39 is 0 Å². The number of carbonyl (C=O) groups excluding carboxylic acids is 1. The molecule has 4 N–H and O–H groups in total. The van der Waals surface area contributed by atoms with E-state index in [1.54, 1.807) is 6.20 Å². The number of rotatable bonds is 5. The van der Waals surface area contributed by atoms with Gasteiger partial charge in [0.1, 0.15) is 0 Å². The molecule has 0 atom stereocenters. The van der Waals surface area contributed by atoms with E-state index in [0.717, 1.165) is 57.4 Å². The average Bonchev–Trinajstić information content (AvgIpc) is 3.13. The van der Waals surface area contributed by atoms with Crippen LogP contribution in [0, 0.1) is 5.41 Å². The van der Waals surface area contributed by atoms with Gasteiger partial charge in [0.05, 0.1) is 30.7 Å². The van der Waals surface area contributed by atoms with Crippen molar-refractivity contribution in [3.8, 4) is 0 Å². The van der Waals surface area contributed by atoms with E-state index in [4.69, 9.17) is 4.74 Å². The molecule has 0 unspecified atom stereocenters. The highest BCUT2D eigenvalue weighted by molar-refractivity contribution is 5.95. The number of ether oxygens (including phenoxy) is 1. The second kappa shape index (κ2) is 7.63. The first kappa shape index (κ1) is 17.4. The molecule has 0 radical (unpaired) electrons. The van der Waals surface area contributed by atoms with Gasteiger partial charge in [-0.3, -0.25) is 9.89 Å². The number of aromatic nitrogens is 2. The third kappa shape index (κ3) is 3.63. The van der Waals surface area contributed by atoms with Crippen molar-refractivity contribution in [3.63, 3.8) is 0 Å². The molecule has 1 saturated heterocycles. The van der Waals surface area contributed by atoms with E-state index in [1.807, 2.05) is 0 Å². The van der Waals surface area contributed by atoms with Crippen molar-refractivity contribution in [2.45, 2.75) is 50.5 Å². The maximum Gasteiger partial charge on any atom is 0.254 e. The number of carbonyl (C=O) groups is 1. The molecule has 1 saturated carbocycles. The molecule has 1 amide bonds. The molecule has 1 aliphatic carbocycles. The van der Waals surface area contributed by atoms with Crippen LogP contribution in [0.1, 0.15) is 60.5 Å². The minimum Gasteiger partial charge on any atom is -0.396 e. The number of hydrogen-bond donors (Lipinski definition) is 4. The van der Waals surface area contributed by atoms with Crippen molar-refractivity contribution in [1.82, 2.24) is 15.5 Å². The van der Waals surface area contributed by atoms with Crippen molar-refractivity contribution in [2.75, 3.05) is 26.4 Å². The smallest absolute Gasteiger partial charge is 0.254 e. The van der Waals surface area contributed by atoms with E-state index in [1.165, 1.54) is 0 Å². The molecule has 134 valence electrons. The molecule has 1 aromatic heterocycles. The SMILES string of the molecule is O=C(NC1CCC(CO)(CO)CC1)c1cn[nH]c1C1CCOCC1. The van der Waals surface area contributed by atoms with E-state index in [0.29, 0.717) is 11.5 Å². The van der Waals surface area contributed by atoms with Crippen LogP contribution in [0.3, 0.4) is 0 Å². The standard InChI is InChI=1S/C17H27N3O4/c21-10-17(11-22)5-1-13(2-6-17)19-16(23)14-9-18-20-15(14)12-3-7-24-8-4-12/h9,12-13,21-22H,1-8,10-11H2,(H,18,20)(H,19,23). The van der Waals surface area contributed by atoms with Gasteiger partial charge >= 0.3 is 0 Å². The summed E-state index contributed by atoms with van der Waals surface area (Å²) >= 11 is 0. The monoisotopic (exact) mass is 337 g/mol. The Morgan fingerprint density at radius 1 is 1.25 bits per heavy atom. The molecule has 2 fully saturated rings. The molecule has 2 aliphatic rings. The van der Waals surface area contributed by atoms with Gasteiger partial charge in [0, 0.05) is 30.6 Å². The number of nitrogens with one attached hydrogen (secondary N) is 2. The zero-order valence-corrected chi connectivity index (χ0v) is 14.0. The highest BCUT2D eigenvalue weighted by atomic mass is 16.5. The van der Waals surface area contributed by atoms with Crippen LogP contribution >= 0.6 is 0 Å². The van der Waals surface area contributed by atoms with Crippen LogP contribution < -0.4 is 5.32 Å². The molecule has 7 nitrogen and oxygen atoms in total. The third-order valence-electron chi connectivity index (χ3n) is 5.60. The van der Waals surface area contributed by atoms with E-state index in [9.17, 15) is 15.0 Å². The van der Waals surface area contributed by atoms with Crippen molar-refractivity contribution in [1.29, 1.82) is 0 Å². The Hall–Kier alpha value is -1.44. The Morgan fingerprint density at radius 3 is 2.54 bits per heavy atom. The fourth-order valence-electron chi connectivity index (χ4n) is 3.78. The number of nitrogens with zero attached hydrogens (tertiary/aromatic N) is 1. The highest BCUT2D eigenvalue weighted by Crippen LogP contribution is 2.35. The van der Waals surface area contributed by atoms with E-state index in [2.05, 4.69) is 15.5 Å². The summed E-state index contributed by atoms with van der Waals surface area (Å²) in [5.41, 5.74) is 1.15. The fourth-order valence-corrected chi connectivity index (χ4v) is 3.78. The van der Waals surface area contributed by atoms with Gasteiger partial charge in [0.15, 0.2) is 0 Å². The fraction of sp³-hybridized carbons (Fsp3) is 0.765. The predicted octanol–water partition coefficient (Wildman–Crippen LogP) is 0.947. The second-order valence-corrected chi connectivity index (χ2v) is 7.15. The van der Waals surface area contributed by atoms with Crippen molar-refractivity contribution in [3.05, 3.63) is 17.5 Å². The summed E-state index contributed by atoms with van der Waals surface area (Å²) in [6.07, 6.45) is 6.42. The Morgan fingerprint density at radius 2 is 1.92 bits per heavy atom. The van der Waals surface area contributed by atoms with Crippen LogP contribution in [0.5, 0.6) is 0 Å². The number of amides is 1. The molecule has 2 heterocycles. The normalized spacial score (nSPS) is 22.4. The first-order valence-electron chi connectivity index (χ1n) is 8.81. The van der Waals surface area contributed by atoms with Gasteiger partial charge in [-0.1, -0.05) is 0 Å². The molecular formula is C17H27N3O4. The van der Waals surface area contributed by atoms with Crippen LogP contribution in [0.4, 0.5) is 0 Å². The Kier molecular flexibility index (Phi) is 5.53. The van der Waals surface area contributed by atoms with Crippen LogP contribution in [0.2, 0.25) is 0 Å². The molecule has 0 aromatic carbocycles. The quantitative estimate of drug-likeness (QED) is 0.640. The zero-order chi connectivity index (χ0) is 17.0. The van der Waals surface area contributed by atoms with Gasteiger partial charge in [-0.15, -0.1) is 0 Å². The minimum atomic E-state index is -0.385. The molecule has 1 aliphatic heterocycles. The largest absolute Gasteiger partial charge is 0.396 e. The average molecular weight is 337 g/mol. The Bertz CT molecular complexity index is 540. The summed E-state index contributed by atoms with van der Waals surface area (Å²) in [4.78, 5) is 12.6. The maximum atomic E-state index is 12.6. The molecule has 0 spiro atoms. The Balaban J connectivity index is 1.59. The lowest BCUT2D eigenvalue weighted by molar-refractivity contribution is 0.0164. The first-order chi connectivity index (χ1) is 11.7. The van der Waals surface area contributed by atoms with Gasteiger partial charge in [-0.25, -0.2) is 0 Å². The van der Waals surface area contributed by atoms with Crippen molar-refractivity contribution >= 4 is 5.91 Å². The summed E-state index contributed by atoms with van der Waals surface area (Å²) in [6.45, 7) is 1.44. The number of hydrogen-bond acceptors (Lipinski definition) is 5. The minimum absolute atomic E-state index is 0.000202. The van der Waals surface area contributed by atoms with Crippen molar-refractivity contribution in [2.24, 2.45) is 5.41 Å². The molecule has 0 bridgehead atoms. The Labute approximate surface area is 141 Å². The number of aromatic amines is 1. The lowest BCUT2D eigenvalue weighted by atomic mass is 9.73. The van der Waals surface area contributed by atoms with Gasteiger partial charge in [0.25, 0.3) is 5.91 Å². The van der Waals surface area contributed by atoms with Gasteiger partial charge in [0.2, 0.25) is 0 Å². The van der Waals surface area contributed by atoms with Gasteiger partial charge in [-0.2, -0.15) is 5.10 Å².